The van der Waals surface area contributed by atoms with Crippen LogP contribution in [0.5, 0.6) is 0 Å². The second kappa shape index (κ2) is 1.71. The molecule has 1 N–H and O–H groups in total. The maximum absolute atomic E-state index is 11.5. The predicted molar refractivity (Wildman–Crippen MR) is 20.1 cm³/mol. The molecule has 3 nitrogen and oxygen atoms in total. The molecule has 0 aliphatic rings. The van der Waals surface area contributed by atoms with E-state index in [1.54, 1.807) is 5.21 Å². The van der Waals surface area contributed by atoms with Gasteiger partial charge in [-0.1, -0.05) is 9.90 Å². The van der Waals surface area contributed by atoms with E-state index in [0.29, 0.717) is 0 Å². The van der Waals surface area contributed by atoms with Gasteiger partial charge in [-0.25, -0.2) is 0 Å². The van der Waals surface area contributed by atoms with Crippen LogP contribution in [0.25, 0.3) is 0 Å². The topological polar surface area (TPSA) is 32.6 Å². The Labute approximate surface area is 48.1 Å². The Morgan fingerprint density at radius 3 is 2.33 bits per heavy atom. The van der Waals surface area contributed by atoms with E-state index >= 15 is 0 Å². The lowest BCUT2D eigenvalue weighted by molar-refractivity contribution is -0.895. The molecule has 0 aliphatic carbocycles. The molecule has 0 saturated heterocycles. The van der Waals surface area contributed by atoms with Gasteiger partial charge in [0.25, 0.3) is 0 Å². The molecular weight excluding hydrogens is 135 g/mol. The number of nitrogens with zero attached hydrogens (tertiary/aromatic N) is 2. The molecule has 0 radical (unpaired) electrons. The molecule has 0 unspecified atom stereocenters. The highest BCUT2D eigenvalue weighted by Crippen LogP contribution is 2.11. The molecule has 9 heavy (non-hydrogen) atoms. The van der Waals surface area contributed by atoms with Crippen molar-refractivity contribution in [2.75, 3.05) is 0 Å². The van der Waals surface area contributed by atoms with Crippen molar-refractivity contribution >= 4 is 0 Å². The van der Waals surface area contributed by atoms with Crippen LogP contribution in [0.15, 0.2) is 12.4 Å². The summed E-state index contributed by atoms with van der Waals surface area (Å²) in [5.41, 5.74) is 0. The zero-order valence-electron chi connectivity index (χ0n) is 4.18. The van der Waals surface area contributed by atoms with Gasteiger partial charge in [-0.2, -0.15) is 0 Å². The minimum atomic E-state index is -4.38. The van der Waals surface area contributed by atoms with Crippen LogP contribution in [-0.4, -0.2) is 10.3 Å². The zero-order valence-corrected chi connectivity index (χ0v) is 4.18. The van der Waals surface area contributed by atoms with Gasteiger partial charge in [0.15, 0.2) is 6.20 Å². The second-order valence-electron chi connectivity index (χ2n) is 1.37. The van der Waals surface area contributed by atoms with Crippen molar-refractivity contribution in [3.63, 3.8) is 0 Å². The SMILES string of the molecule is FC(F)(F)[n+]1ccn[nH]1. The van der Waals surface area contributed by atoms with Gasteiger partial charge in [0.2, 0.25) is 6.20 Å². The Bertz CT molecular complexity index is 177. The van der Waals surface area contributed by atoms with Gasteiger partial charge >= 0.3 is 6.30 Å². The van der Waals surface area contributed by atoms with Crippen LogP contribution in [0.4, 0.5) is 13.2 Å². The van der Waals surface area contributed by atoms with E-state index in [1.807, 2.05) is 0 Å². The molecule has 6 heteroatoms. The van der Waals surface area contributed by atoms with Crippen molar-refractivity contribution in [1.82, 2.24) is 10.3 Å². The maximum Gasteiger partial charge on any atom is 0.585 e. The maximum atomic E-state index is 11.5. The number of hydrogen-bond acceptors (Lipinski definition) is 1. The van der Waals surface area contributed by atoms with E-state index in [1.165, 1.54) is 0 Å². The zero-order chi connectivity index (χ0) is 6.91. The van der Waals surface area contributed by atoms with Gasteiger partial charge in [0, 0.05) is 5.10 Å². The molecule has 0 spiro atoms. The number of hydrogen-bond donors (Lipinski definition) is 1. The van der Waals surface area contributed by atoms with Gasteiger partial charge in [-0.3, -0.25) is 0 Å². The highest BCUT2D eigenvalue weighted by Gasteiger charge is 2.37. The molecule has 1 rings (SSSR count). The summed E-state index contributed by atoms with van der Waals surface area (Å²) in [7, 11) is 0. The van der Waals surface area contributed by atoms with Crippen LogP contribution in [0.2, 0.25) is 0 Å². The van der Waals surface area contributed by atoms with Crippen LogP contribution >= 0.6 is 0 Å². The number of H-pyrrole nitrogens is 1. The van der Waals surface area contributed by atoms with Crippen molar-refractivity contribution in [1.29, 1.82) is 0 Å². The summed E-state index contributed by atoms with van der Waals surface area (Å²) in [6, 6.07) is 0. The van der Waals surface area contributed by atoms with E-state index < -0.39 is 6.30 Å². The summed E-state index contributed by atoms with van der Waals surface area (Å²) in [5, 5.41) is 4.83. The van der Waals surface area contributed by atoms with E-state index in [2.05, 4.69) is 5.10 Å². The third-order valence-electron chi connectivity index (χ3n) is 0.729. The Kier molecular flexibility index (Phi) is 1.15. The minimum Gasteiger partial charge on any atom is -0.127 e. The number of alkyl halides is 3. The molecule has 0 fully saturated rings. The average Bonchev–Trinajstić information content (AvgIpc) is 2.08. The monoisotopic (exact) mass is 138 g/mol. The lowest BCUT2D eigenvalue weighted by Crippen LogP contribution is -2.48. The van der Waals surface area contributed by atoms with Gasteiger partial charge in [-0.05, 0) is 0 Å². The van der Waals surface area contributed by atoms with Crippen molar-refractivity contribution < 1.29 is 17.9 Å². The van der Waals surface area contributed by atoms with E-state index in [-0.39, 0.29) is 4.68 Å². The summed E-state index contributed by atoms with van der Waals surface area (Å²) >= 11 is 0. The Hall–Kier alpha value is -1.07. The van der Waals surface area contributed by atoms with Crippen LogP contribution < -0.4 is 4.68 Å². The molecule has 1 aromatic heterocycles. The number of rotatable bonds is 0. The number of aromatic amines is 1. The first-order valence-electron chi connectivity index (χ1n) is 2.09. The summed E-state index contributed by atoms with van der Waals surface area (Å²) < 4.78 is 34.5. The largest absolute Gasteiger partial charge is 0.585 e. The fraction of sp³-hybridized carbons (Fsp3) is 0.333. The first kappa shape index (κ1) is 6.06. The van der Waals surface area contributed by atoms with Crippen molar-refractivity contribution in [2.45, 2.75) is 6.30 Å². The van der Waals surface area contributed by atoms with E-state index in [9.17, 15) is 13.2 Å². The smallest absolute Gasteiger partial charge is 0.127 e. The standard InChI is InChI=1S/C3H2F3N3/c4-3(5,6)9-2-1-7-8-9/h1-2H/p+1. The highest BCUT2D eigenvalue weighted by atomic mass is 19.4. The third-order valence-corrected chi connectivity index (χ3v) is 0.729. The van der Waals surface area contributed by atoms with Gasteiger partial charge in [-0.15, -0.1) is 13.2 Å². The minimum absolute atomic E-state index is 0.0486. The van der Waals surface area contributed by atoms with Crippen LogP contribution in [0.1, 0.15) is 0 Å². The van der Waals surface area contributed by atoms with E-state index in [0.717, 1.165) is 12.4 Å². The Balaban J connectivity index is 2.90. The fourth-order valence-corrected chi connectivity index (χ4v) is 0.370. The Morgan fingerprint density at radius 1 is 1.44 bits per heavy atom. The normalized spacial score (nSPS) is 11.9. The number of nitrogens with one attached hydrogen (secondary N) is 1. The van der Waals surface area contributed by atoms with Crippen LogP contribution in [0.3, 0.4) is 0 Å². The number of aromatic nitrogens is 3. The lowest BCUT2D eigenvalue weighted by atomic mass is 10.9. The van der Waals surface area contributed by atoms with Crippen LogP contribution in [0, 0.1) is 0 Å². The average molecular weight is 138 g/mol. The first-order valence-corrected chi connectivity index (χ1v) is 2.09. The quantitative estimate of drug-likeness (QED) is 0.509. The lowest BCUT2D eigenvalue weighted by Gasteiger charge is -1.95. The van der Waals surface area contributed by atoms with Gasteiger partial charge in [0.1, 0.15) is 0 Å². The first-order chi connectivity index (χ1) is 4.11. The van der Waals surface area contributed by atoms with Gasteiger partial charge in [0.05, 0.1) is 0 Å². The molecule has 50 valence electrons. The predicted octanol–water partition coefficient (Wildman–Crippen LogP) is 0.173. The van der Waals surface area contributed by atoms with Crippen molar-refractivity contribution in [2.24, 2.45) is 0 Å². The summed E-state index contributed by atoms with van der Waals surface area (Å²) in [6.07, 6.45) is -2.57. The summed E-state index contributed by atoms with van der Waals surface area (Å²) in [5.74, 6) is 0. The molecule has 0 saturated carbocycles. The van der Waals surface area contributed by atoms with Crippen molar-refractivity contribution in [3.8, 4) is 0 Å². The molecular formula is C3H3F3N3+. The van der Waals surface area contributed by atoms with Crippen molar-refractivity contribution in [3.05, 3.63) is 12.4 Å². The summed E-state index contributed by atoms with van der Waals surface area (Å²) in [6.45, 7) is 0. The molecule has 0 aromatic carbocycles. The Morgan fingerprint density at radius 2 is 2.11 bits per heavy atom. The third kappa shape index (κ3) is 1.18. The van der Waals surface area contributed by atoms with E-state index in [4.69, 9.17) is 0 Å². The number of halogens is 3. The second-order valence-corrected chi connectivity index (χ2v) is 1.37. The fourth-order valence-electron chi connectivity index (χ4n) is 0.370. The molecule has 1 aromatic rings. The van der Waals surface area contributed by atoms with Crippen LogP contribution in [-0.2, 0) is 6.30 Å². The molecule has 0 aliphatic heterocycles. The highest BCUT2D eigenvalue weighted by molar-refractivity contribution is 4.48. The summed E-state index contributed by atoms with van der Waals surface area (Å²) in [4.78, 5) is 0. The molecule has 0 atom stereocenters. The molecule has 1 heterocycles. The molecule has 0 amide bonds. The van der Waals surface area contributed by atoms with Gasteiger partial charge < -0.3 is 0 Å². The molecule has 0 bridgehead atoms.